The van der Waals surface area contributed by atoms with Crippen LogP contribution in [0.1, 0.15) is 13.3 Å². The minimum absolute atomic E-state index is 1.12. The molecule has 0 spiro atoms. The number of halogens is 3. The summed E-state index contributed by atoms with van der Waals surface area (Å²) in [6.45, 7) is 1.23. The van der Waals surface area contributed by atoms with Crippen LogP contribution in [0.2, 0.25) is 0 Å². The molecule has 7 heteroatoms. The van der Waals surface area contributed by atoms with Gasteiger partial charge in [-0.1, -0.05) is 0 Å². The number of rotatable bonds is 2. The van der Waals surface area contributed by atoms with Crippen LogP contribution in [-0.4, -0.2) is 40.7 Å². The second-order valence-corrected chi connectivity index (χ2v) is 3.56. The SMILES string of the molecule is CC(O)[C@H]1OC(=O)[C@@H](CC(F)(F)F)[C@@H]1O. The molecule has 0 saturated carbocycles. The van der Waals surface area contributed by atoms with Crippen molar-refractivity contribution < 1.29 is 32.9 Å². The van der Waals surface area contributed by atoms with Gasteiger partial charge >= 0.3 is 12.1 Å². The van der Waals surface area contributed by atoms with Gasteiger partial charge < -0.3 is 14.9 Å². The molecule has 0 amide bonds. The summed E-state index contributed by atoms with van der Waals surface area (Å²) in [7, 11) is 0. The van der Waals surface area contributed by atoms with Gasteiger partial charge in [-0.05, 0) is 6.92 Å². The van der Waals surface area contributed by atoms with E-state index < -0.39 is 42.8 Å². The number of cyclic esters (lactones) is 1. The smallest absolute Gasteiger partial charge is 0.390 e. The minimum atomic E-state index is -4.54. The second-order valence-electron chi connectivity index (χ2n) is 3.56. The van der Waals surface area contributed by atoms with Crippen LogP contribution >= 0.6 is 0 Å². The van der Waals surface area contributed by atoms with Crippen molar-refractivity contribution in [2.45, 2.75) is 37.8 Å². The maximum Gasteiger partial charge on any atom is 0.390 e. The van der Waals surface area contributed by atoms with Gasteiger partial charge in [0.15, 0.2) is 6.10 Å². The van der Waals surface area contributed by atoms with Crippen molar-refractivity contribution in [2.24, 2.45) is 5.92 Å². The van der Waals surface area contributed by atoms with Crippen molar-refractivity contribution in [3.05, 3.63) is 0 Å². The Bertz CT molecular complexity index is 251. The van der Waals surface area contributed by atoms with E-state index >= 15 is 0 Å². The van der Waals surface area contributed by atoms with E-state index in [0.717, 1.165) is 0 Å². The van der Waals surface area contributed by atoms with Crippen molar-refractivity contribution in [2.75, 3.05) is 0 Å². The first-order valence-corrected chi connectivity index (χ1v) is 4.36. The minimum Gasteiger partial charge on any atom is -0.457 e. The van der Waals surface area contributed by atoms with Gasteiger partial charge in [-0.2, -0.15) is 13.2 Å². The van der Waals surface area contributed by atoms with Crippen LogP contribution in [0.5, 0.6) is 0 Å². The molecule has 15 heavy (non-hydrogen) atoms. The van der Waals surface area contributed by atoms with Gasteiger partial charge in [-0.15, -0.1) is 0 Å². The van der Waals surface area contributed by atoms with Crippen molar-refractivity contribution in [1.82, 2.24) is 0 Å². The molecule has 0 aromatic heterocycles. The Balaban J connectivity index is 2.71. The largest absolute Gasteiger partial charge is 0.457 e. The van der Waals surface area contributed by atoms with E-state index in [4.69, 9.17) is 5.11 Å². The van der Waals surface area contributed by atoms with Crippen molar-refractivity contribution in [1.29, 1.82) is 0 Å². The maximum atomic E-state index is 12.0. The summed E-state index contributed by atoms with van der Waals surface area (Å²) in [6.07, 6.45) is -10.1. The molecule has 1 unspecified atom stereocenters. The van der Waals surface area contributed by atoms with Crippen LogP contribution in [0.3, 0.4) is 0 Å². The Morgan fingerprint density at radius 1 is 1.53 bits per heavy atom. The van der Waals surface area contributed by atoms with Crippen LogP contribution in [-0.2, 0) is 9.53 Å². The monoisotopic (exact) mass is 228 g/mol. The lowest BCUT2D eigenvalue weighted by molar-refractivity contribution is -0.162. The third kappa shape index (κ3) is 2.82. The summed E-state index contributed by atoms with van der Waals surface area (Å²) in [6, 6.07) is 0. The van der Waals surface area contributed by atoms with E-state index in [-0.39, 0.29) is 0 Å². The van der Waals surface area contributed by atoms with Gasteiger partial charge in [0.25, 0.3) is 0 Å². The Morgan fingerprint density at radius 3 is 2.40 bits per heavy atom. The number of aliphatic hydroxyl groups is 2. The molecule has 1 fully saturated rings. The van der Waals surface area contributed by atoms with Crippen LogP contribution in [0.15, 0.2) is 0 Å². The molecule has 1 heterocycles. The first-order chi connectivity index (χ1) is 6.72. The molecule has 1 aliphatic rings. The van der Waals surface area contributed by atoms with Gasteiger partial charge in [0.1, 0.15) is 6.10 Å². The summed E-state index contributed by atoms with van der Waals surface area (Å²) < 4.78 is 40.5. The summed E-state index contributed by atoms with van der Waals surface area (Å²) in [5, 5.41) is 18.4. The van der Waals surface area contributed by atoms with Crippen LogP contribution in [0.25, 0.3) is 0 Å². The normalized spacial score (nSPS) is 34.0. The third-order valence-corrected chi connectivity index (χ3v) is 2.23. The molecule has 1 rings (SSSR count). The molecule has 1 aliphatic heterocycles. The van der Waals surface area contributed by atoms with Crippen molar-refractivity contribution in [3.8, 4) is 0 Å². The molecule has 2 N–H and O–H groups in total. The Labute approximate surface area is 83.6 Å². The molecule has 4 nitrogen and oxygen atoms in total. The van der Waals surface area contributed by atoms with Gasteiger partial charge in [-0.25, -0.2) is 0 Å². The molecule has 0 aliphatic carbocycles. The van der Waals surface area contributed by atoms with Crippen molar-refractivity contribution in [3.63, 3.8) is 0 Å². The lowest BCUT2D eigenvalue weighted by Crippen LogP contribution is -2.36. The number of aliphatic hydroxyl groups excluding tert-OH is 2. The number of esters is 1. The first-order valence-electron chi connectivity index (χ1n) is 4.36. The number of carbonyl (C=O) groups excluding carboxylic acids is 1. The first kappa shape index (κ1) is 12.3. The highest BCUT2D eigenvalue weighted by atomic mass is 19.4. The fourth-order valence-electron chi connectivity index (χ4n) is 1.50. The zero-order chi connectivity index (χ0) is 11.8. The second kappa shape index (κ2) is 3.97. The topological polar surface area (TPSA) is 66.8 Å². The number of hydrogen-bond acceptors (Lipinski definition) is 4. The lowest BCUT2D eigenvalue weighted by Gasteiger charge is -2.18. The van der Waals surface area contributed by atoms with Gasteiger partial charge in [0.2, 0.25) is 0 Å². The van der Waals surface area contributed by atoms with Gasteiger partial charge in [0, 0.05) is 0 Å². The fraction of sp³-hybridized carbons (Fsp3) is 0.875. The average molecular weight is 228 g/mol. The summed E-state index contributed by atoms with van der Waals surface area (Å²) in [5.41, 5.74) is 0. The number of carbonyl (C=O) groups is 1. The third-order valence-electron chi connectivity index (χ3n) is 2.23. The molecule has 88 valence electrons. The molecule has 0 aromatic carbocycles. The zero-order valence-corrected chi connectivity index (χ0v) is 7.86. The Morgan fingerprint density at radius 2 is 2.07 bits per heavy atom. The molecule has 0 bridgehead atoms. The van der Waals surface area contributed by atoms with E-state index in [0.29, 0.717) is 0 Å². The summed E-state index contributed by atoms with van der Waals surface area (Å²) in [5.74, 6) is -2.75. The predicted molar refractivity (Wildman–Crippen MR) is 41.7 cm³/mol. The molecular formula is C8H11F3O4. The molecule has 4 atom stereocenters. The highest BCUT2D eigenvalue weighted by Crippen LogP contribution is 2.33. The highest BCUT2D eigenvalue weighted by Gasteiger charge is 2.50. The maximum absolute atomic E-state index is 12.0. The number of hydrogen-bond donors (Lipinski definition) is 2. The predicted octanol–water partition coefficient (Wildman–Crippen LogP) is 0.222. The Kier molecular flexibility index (Phi) is 3.25. The van der Waals surface area contributed by atoms with Crippen LogP contribution < -0.4 is 0 Å². The number of alkyl halides is 3. The van der Waals surface area contributed by atoms with Crippen LogP contribution in [0, 0.1) is 5.92 Å². The van der Waals surface area contributed by atoms with Crippen molar-refractivity contribution >= 4 is 5.97 Å². The molecule has 0 radical (unpaired) electrons. The van der Waals surface area contributed by atoms with E-state index in [1.807, 2.05) is 0 Å². The Hall–Kier alpha value is -0.820. The van der Waals surface area contributed by atoms with E-state index in [2.05, 4.69) is 4.74 Å². The molecule has 1 saturated heterocycles. The van der Waals surface area contributed by atoms with Gasteiger partial charge in [-0.3, -0.25) is 4.79 Å². The number of ether oxygens (including phenoxy) is 1. The molecule has 0 aromatic rings. The van der Waals surface area contributed by atoms with E-state index in [1.165, 1.54) is 6.92 Å². The van der Waals surface area contributed by atoms with Gasteiger partial charge in [0.05, 0.1) is 18.4 Å². The van der Waals surface area contributed by atoms with E-state index in [1.54, 1.807) is 0 Å². The highest BCUT2D eigenvalue weighted by molar-refractivity contribution is 5.75. The fourth-order valence-corrected chi connectivity index (χ4v) is 1.50. The summed E-state index contributed by atoms with van der Waals surface area (Å²) in [4.78, 5) is 11.0. The lowest BCUT2D eigenvalue weighted by atomic mass is 9.95. The standard InChI is InChI=1S/C8H11F3O4/c1-3(12)6-5(13)4(7(14)15-6)2-8(9,10)11/h3-6,12-13H,2H2,1H3/t3?,4-,5-,6+/m0/s1. The average Bonchev–Trinajstić information content (AvgIpc) is 2.29. The van der Waals surface area contributed by atoms with E-state index in [9.17, 15) is 23.1 Å². The van der Waals surface area contributed by atoms with Crippen LogP contribution in [0.4, 0.5) is 13.2 Å². The molecular weight excluding hydrogens is 217 g/mol. The zero-order valence-electron chi connectivity index (χ0n) is 7.86. The quantitative estimate of drug-likeness (QED) is 0.663. The summed E-state index contributed by atoms with van der Waals surface area (Å²) >= 11 is 0.